The van der Waals surface area contributed by atoms with Gasteiger partial charge in [-0.25, -0.2) is 0 Å². The summed E-state index contributed by atoms with van der Waals surface area (Å²) < 4.78 is 0. The number of aliphatic carboxylic acids is 1. The average molecular weight is 222 g/mol. The summed E-state index contributed by atoms with van der Waals surface area (Å²) in [6.45, 7) is 5.48. The zero-order chi connectivity index (χ0) is 12.3. The van der Waals surface area contributed by atoms with Crippen molar-refractivity contribution in [3.63, 3.8) is 0 Å². The van der Waals surface area contributed by atoms with Crippen LogP contribution in [0, 0.1) is 18.8 Å². The third-order valence-corrected chi connectivity index (χ3v) is 2.85. The quantitative estimate of drug-likeness (QED) is 0.822. The normalized spacial score (nSPS) is 14.8. The molecule has 0 heterocycles. The first-order chi connectivity index (χ1) is 7.45. The van der Waals surface area contributed by atoms with Crippen LogP contribution in [-0.2, 0) is 4.79 Å². The second-order valence-corrected chi connectivity index (χ2v) is 4.41. The van der Waals surface area contributed by atoms with Gasteiger partial charge >= 0.3 is 5.97 Å². The van der Waals surface area contributed by atoms with E-state index in [-0.39, 0.29) is 5.92 Å². The molecule has 0 aliphatic heterocycles. The van der Waals surface area contributed by atoms with Gasteiger partial charge in [0.25, 0.3) is 0 Å². The van der Waals surface area contributed by atoms with Crippen LogP contribution in [0.2, 0.25) is 0 Å². The molecule has 1 rings (SSSR count). The van der Waals surface area contributed by atoms with Crippen LogP contribution in [0.3, 0.4) is 0 Å². The fourth-order valence-corrected chi connectivity index (χ4v) is 1.90. The number of benzene rings is 1. The largest absolute Gasteiger partial charge is 0.481 e. The lowest BCUT2D eigenvalue weighted by Gasteiger charge is -2.23. The summed E-state index contributed by atoms with van der Waals surface area (Å²) in [4.78, 5) is 11.1. The van der Waals surface area contributed by atoms with E-state index in [1.165, 1.54) is 0 Å². The van der Waals surface area contributed by atoms with E-state index in [2.05, 4.69) is 0 Å². The molecule has 0 aliphatic rings. The molecular formula is C13H18O3. The van der Waals surface area contributed by atoms with Crippen molar-refractivity contribution in [2.24, 2.45) is 11.8 Å². The number of hydrogen-bond acceptors (Lipinski definition) is 2. The summed E-state index contributed by atoms with van der Waals surface area (Å²) in [7, 11) is 0. The number of aryl methyl sites for hydroxylation is 1. The van der Waals surface area contributed by atoms with E-state index >= 15 is 0 Å². The smallest absolute Gasteiger partial charge is 0.309 e. The van der Waals surface area contributed by atoms with Crippen LogP contribution >= 0.6 is 0 Å². The van der Waals surface area contributed by atoms with Gasteiger partial charge in [-0.3, -0.25) is 4.79 Å². The van der Waals surface area contributed by atoms with E-state index in [0.717, 1.165) is 5.56 Å². The topological polar surface area (TPSA) is 57.5 Å². The molecule has 0 saturated heterocycles. The zero-order valence-electron chi connectivity index (χ0n) is 9.84. The van der Waals surface area contributed by atoms with Gasteiger partial charge in [0, 0.05) is 0 Å². The lowest BCUT2D eigenvalue weighted by Crippen LogP contribution is -2.27. The fraction of sp³-hybridized carbons (Fsp3) is 0.462. The summed E-state index contributed by atoms with van der Waals surface area (Å²) in [6.07, 6.45) is -0.946. The van der Waals surface area contributed by atoms with Crippen LogP contribution in [-0.4, -0.2) is 16.2 Å². The molecule has 0 aromatic heterocycles. The number of carboxylic acid groups (broad SMARTS) is 1. The highest BCUT2D eigenvalue weighted by Crippen LogP contribution is 2.29. The minimum atomic E-state index is -0.953. The predicted octanol–water partition coefficient (Wildman–Crippen LogP) is 2.39. The van der Waals surface area contributed by atoms with Crippen molar-refractivity contribution in [2.45, 2.75) is 26.9 Å². The zero-order valence-corrected chi connectivity index (χ0v) is 9.84. The molecule has 0 bridgehead atoms. The van der Waals surface area contributed by atoms with Crippen LogP contribution in [0.4, 0.5) is 0 Å². The van der Waals surface area contributed by atoms with E-state index in [1.807, 2.05) is 25.1 Å². The van der Waals surface area contributed by atoms with Crippen LogP contribution in [0.15, 0.2) is 24.3 Å². The molecule has 88 valence electrons. The summed E-state index contributed by atoms with van der Waals surface area (Å²) in [5.74, 6) is -1.82. The van der Waals surface area contributed by atoms with Crippen molar-refractivity contribution in [1.29, 1.82) is 0 Å². The van der Waals surface area contributed by atoms with Crippen LogP contribution in [0.5, 0.6) is 0 Å². The number of aliphatic hydroxyl groups excluding tert-OH is 1. The second kappa shape index (κ2) is 5.12. The van der Waals surface area contributed by atoms with Crippen LogP contribution in [0.25, 0.3) is 0 Å². The lowest BCUT2D eigenvalue weighted by molar-refractivity contribution is -0.148. The molecule has 1 aromatic carbocycles. The van der Waals surface area contributed by atoms with Crippen molar-refractivity contribution in [3.05, 3.63) is 35.4 Å². The van der Waals surface area contributed by atoms with Crippen molar-refractivity contribution < 1.29 is 15.0 Å². The number of carboxylic acids is 1. The third-order valence-electron chi connectivity index (χ3n) is 2.85. The van der Waals surface area contributed by atoms with Gasteiger partial charge in [0.15, 0.2) is 0 Å². The molecule has 16 heavy (non-hydrogen) atoms. The molecule has 0 spiro atoms. The molecule has 0 fully saturated rings. The van der Waals surface area contributed by atoms with Gasteiger partial charge in [0.05, 0.1) is 12.0 Å². The van der Waals surface area contributed by atoms with Gasteiger partial charge in [-0.15, -0.1) is 0 Å². The Morgan fingerprint density at radius 2 is 1.81 bits per heavy atom. The maximum atomic E-state index is 11.1. The minimum absolute atomic E-state index is 0.105. The molecule has 3 heteroatoms. The van der Waals surface area contributed by atoms with Crippen molar-refractivity contribution in [2.75, 3.05) is 0 Å². The Bertz CT molecular complexity index is 371. The monoisotopic (exact) mass is 222 g/mol. The number of rotatable bonds is 4. The number of hydrogen-bond donors (Lipinski definition) is 2. The predicted molar refractivity (Wildman–Crippen MR) is 62.1 cm³/mol. The molecule has 2 N–H and O–H groups in total. The van der Waals surface area contributed by atoms with E-state index < -0.39 is 18.0 Å². The molecule has 0 radical (unpaired) electrons. The number of aliphatic hydroxyl groups is 1. The SMILES string of the molecule is Cc1ccccc1C(O)C(C(=O)O)C(C)C. The van der Waals surface area contributed by atoms with Gasteiger partial charge in [0.2, 0.25) is 0 Å². The van der Waals surface area contributed by atoms with E-state index in [0.29, 0.717) is 5.56 Å². The maximum absolute atomic E-state index is 11.1. The first-order valence-corrected chi connectivity index (χ1v) is 5.41. The second-order valence-electron chi connectivity index (χ2n) is 4.41. The summed E-state index contributed by atoms with van der Waals surface area (Å²) >= 11 is 0. The Balaban J connectivity index is 3.04. The first kappa shape index (κ1) is 12.7. The maximum Gasteiger partial charge on any atom is 0.309 e. The minimum Gasteiger partial charge on any atom is -0.481 e. The van der Waals surface area contributed by atoms with Gasteiger partial charge in [-0.05, 0) is 24.0 Å². The summed E-state index contributed by atoms with van der Waals surface area (Å²) in [6, 6.07) is 7.33. The molecule has 3 nitrogen and oxygen atoms in total. The third kappa shape index (κ3) is 2.61. The Labute approximate surface area is 95.7 Å². The highest BCUT2D eigenvalue weighted by Gasteiger charge is 2.31. The Morgan fingerprint density at radius 3 is 2.25 bits per heavy atom. The van der Waals surface area contributed by atoms with Crippen LogP contribution < -0.4 is 0 Å². The molecule has 0 aliphatic carbocycles. The van der Waals surface area contributed by atoms with E-state index in [1.54, 1.807) is 19.9 Å². The average Bonchev–Trinajstić information content (AvgIpc) is 2.16. The van der Waals surface area contributed by atoms with Gasteiger partial charge in [0.1, 0.15) is 0 Å². The van der Waals surface area contributed by atoms with Crippen LogP contribution in [0.1, 0.15) is 31.1 Å². The molecule has 2 unspecified atom stereocenters. The standard InChI is InChI=1S/C13H18O3/c1-8(2)11(13(15)16)12(14)10-7-5-4-6-9(10)3/h4-8,11-12,14H,1-3H3,(H,15,16). The van der Waals surface area contributed by atoms with Gasteiger partial charge < -0.3 is 10.2 Å². The summed E-state index contributed by atoms with van der Waals surface area (Å²) in [5, 5.41) is 19.2. The van der Waals surface area contributed by atoms with E-state index in [4.69, 9.17) is 5.11 Å². The van der Waals surface area contributed by atoms with Crippen molar-refractivity contribution in [1.82, 2.24) is 0 Å². The summed E-state index contributed by atoms with van der Waals surface area (Å²) in [5.41, 5.74) is 1.62. The highest BCUT2D eigenvalue weighted by molar-refractivity contribution is 5.71. The first-order valence-electron chi connectivity index (χ1n) is 5.41. The Morgan fingerprint density at radius 1 is 1.25 bits per heavy atom. The lowest BCUT2D eigenvalue weighted by atomic mass is 9.85. The van der Waals surface area contributed by atoms with Crippen molar-refractivity contribution in [3.8, 4) is 0 Å². The fourth-order valence-electron chi connectivity index (χ4n) is 1.90. The molecule has 0 amide bonds. The number of carbonyl (C=O) groups is 1. The van der Waals surface area contributed by atoms with Crippen molar-refractivity contribution >= 4 is 5.97 Å². The molecule has 0 saturated carbocycles. The van der Waals surface area contributed by atoms with E-state index in [9.17, 15) is 9.90 Å². The van der Waals surface area contributed by atoms with Gasteiger partial charge in [-0.1, -0.05) is 38.1 Å². The molecule has 1 aromatic rings. The van der Waals surface area contributed by atoms with Gasteiger partial charge in [-0.2, -0.15) is 0 Å². The Kier molecular flexibility index (Phi) is 4.07. The molecular weight excluding hydrogens is 204 g/mol. The highest BCUT2D eigenvalue weighted by atomic mass is 16.4. The molecule has 2 atom stereocenters. The Hall–Kier alpha value is -1.35.